The van der Waals surface area contributed by atoms with Gasteiger partial charge in [-0.15, -0.1) is 0 Å². The second-order valence-corrected chi connectivity index (χ2v) is 5.63. The van der Waals surface area contributed by atoms with E-state index in [1.54, 1.807) is 18.1 Å². The molecule has 0 spiro atoms. The Labute approximate surface area is 127 Å². The summed E-state index contributed by atoms with van der Waals surface area (Å²) in [4.78, 5) is 1.66. The maximum atomic E-state index is 12.4. The Morgan fingerprint density at radius 2 is 2.00 bits per heavy atom. The molecule has 1 heterocycles. The summed E-state index contributed by atoms with van der Waals surface area (Å²) in [7, 11) is 1.55. The van der Waals surface area contributed by atoms with E-state index in [9.17, 15) is 13.2 Å². The summed E-state index contributed by atoms with van der Waals surface area (Å²) >= 11 is 0. The van der Waals surface area contributed by atoms with Crippen LogP contribution in [0.4, 0.5) is 18.9 Å². The molecule has 1 aliphatic heterocycles. The van der Waals surface area contributed by atoms with Crippen LogP contribution in [0.3, 0.4) is 0 Å². The molecule has 0 aromatic heterocycles. The number of ether oxygens (including phenoxy) is 1. The summed E-state index contributed by atoms with van der Waals surface area (Å²) in [6.07, 6.45) is -5.34. The highest BCUT2D eigenvalue weighted by Gasteiger charge is 2.39. The van der Waals surface area contributed by atoms with E-state index in [0.29, 0.717) is 24.5 Å². The van der Waals surface area contributed by atoms with Crippen LogP contribution in [0.5, 0.6) is 5.75 Å². The lowest BCUT2D eigenvalue weighted by Gasteiger charge is -2.33. The Bertz CT molecular complexity index is 500. The minimum absolute atomic E-state index is 0.272. The molecule has 1 unspecified atom stereocenters. The van der Waals surface area contributed by atoms with Crippen LogP contribution in [0.15, 0.2) is 18.2 Å². The largest absolute Gasteiger partial charge is 0.495 e. The van der Waals surface area contributed by atoms with Crippen LogP contribution >= 0.6 is 0 Å². The standard InChI is InChI=1S/C15H21F3N2O2/c1-22-13-8-11(2-3-12(13)19)10-4-6-20(7-5-10)9-14(21)15(16,17)18/h2-3,8,10,14,21H,4-7,9,19H2,1H3. The number of piperidine rings is 1. The van der Waals surface area contributed by atoms with Crippen LogP contribution in [0, 0.1) is 0 Å². The van der Waals surface area contributed by atoms with E-state index in [1.807, 2.05) is 12.1 Å². The molecule has 0 bridgehead atoms. The highest BCUT2D eigenvalue weighted by atomic mass is 19.4. The molecule has 2 rings (SSSR count). The molecule has 0 radical (unpaired) electrons. The summed E-state index contributed by atoms with van der Waals surface area (Å²) in [6.45, 7) is 0.705. The summed E-state index contributed by atoms with van der Waals surface area (Å²) in [5.41, 5.74) is 7.43. The van der Waals surface area contributed by atoms with Crippen molar-refractivity contribution in [2.24, 2.45) is 0 Å². The minimum Gasteiger partial charge on any atom is -0.495 e. The average Bonchev–Trinajstić information content (AvgIpc) is 2.47. The van der Waals surface area contributed by atoms with Crippen molar-refractivity contribution in [3.05, 3.63) is 23.8 Å². The van der Waals surface area contributed by atoms with Crippen LogP contribution in [-0.2, 0) is 0 Å². The molecule has 1 atom stereocenters. The van der Waals surface area contributed by atoms with Crippen molar-refractivity contribution in [2.45, 2.75) is 31.0 Å². The van der Waals surface area contributed by atoms with E-state index in [1.165, 1.54) is 0 Å². The Morgan fingerprint density at radius 1 is 1.36 bits per heavy atom. The van der Waals surface area contributed by atoms with Gasteiger partial charge in [0.15, 0.2) is 6.10 Å². The first kappa shape index (κ1) is 16.9. The first-order chi connectivity index (χ1) is 10.3. The normalized spacial score (nSPS) is 19.1. The lowest BCUT2D eigenvalue weighted by Crippen LogP contribution is -2.43. The number of β-amino-alcohol motifs (C(OH)–C–C–N with tert-alkyl or cyclic N) is 1. The molecular formula is C15H21F3N2O2. The van der Waals surface area contributed by atoms with Gasteiger partial charge in [0.2, 0.25) is 0 Å². The monoisotopic (exact) mass is 318 g/mol. The average molecular weight is 318 g/mol. The van der Waals surface area contributed by atoms with Gasteiger partial charge in [0.1, 0.15) is 5.75 Å². The molecule has 1 aliphatic rings. The third kappa shape index (κ3) is 4.04. The van der Waals surface area contributed by atoms with Gasteiger partial charge in [-0.1, -0.05) is 6.07 Å². The fraction of sp³-hybridized carbons (Fsp3) is 0.600. The minimum atomic E-state index is -4.55. The molecule has 4 nitrogen and oxygen atoms in total. The number of hydrogen-bond acceptors (Lipinski definition) is 4. The van der Waals surface area contributed by atoms with Crippen molar-refractivity contribution >= 4 is 5.69 Å². The Balaban J connectivity index is 1.92. The number of aliphatic hydroxyl groups excluding tert-OH is 1. The Morgan fingerprint density at radius 3 is 2.55 bits per heavy atom. The number of methoxy groups -OCH3 is 1. The number of hydrogen-bond donors (Lipinski definition) is 2. The van der Waals surface area contributed by atoms with E-state index in [0.717, 1.165) is 18.4 Å². The highest BCUT2D eigenvalue weighted by molar-refractivity contribution is 5.54. The molecule has 0 aliphatic carbocycles. The van der Waals surface area contributed by atoms with Crippen LogP contribution in [0.2, 0.25) is 0 Å². The number of nitrogens with two attached hydrogens (primary N) is 1. The van der Waals surface area contributed by atoms with Gasteiger partial charge in [-0.05, 0) is 49.5 Å². The summed E-state index contributed by atoms with van der Waals surface area (Å²) in [5.74, 6) is 0.890. The van der Waals surface area contributed by atoms with Crippen molar-refractivity contribution in [1.29, 1.82) is 0 Å². The van der Waals surface area contributed by atoms with Crippen LogP contribution < -0.4 is 10.5 Å². The molecule has 1 aromatic rings. The van der Waals surface area contributed by atoms with Crippen molar-refractivity contribution in [3.8, 4) is 5.75 Å². The fourth-order valence-corrected chi connectivity index (χ4v) is 2.78. The first-order valence-corrected chi connectivity index (χ1v) is 7.22. The second-order valence-electron chi connectivity index (χ2n) is 5.63. The molecule has 124 valence electrons. The zero-order valence-electron chi connectivity index (χ0n) is 12.4. The van der Waals surface area contributed by atoms with E-state index in [4.69, 9.17) is 15.6 Å². The number of nitrogen functional groups attached to an aromatic ring is 1. The molecule has 1 aromatic carbocycles. The SMILES string of the molecule is COc1cc(C2CCN(CC(O)C(F)(F)F)CC2)ccc1N. The number of anilines is 1. The Hall–Kier alpha value is -1.47. The molecule has 22 heavy (non-hydrogen) atoms. The molecule has 3 N–H and O–H groups in total. The van der Waals surface area contributed by atoms with Crippen molar-refractivity contribution < 1.29 is 23.0 Å². The predicted octanol–water partition coefficient (Wildman–Crippen LogP) is 2.38. The van der Waals surface area contributed by atoms with Gasteiger partial charge in [-0.3, -0.25) is 0 Å². The second kappa shape index (κ2) is 6.75. The van der Waals surface area contributed by atoms with Crippen LogP contribution in [0.25, 0.3) is 0 Å². The number of aliphatic hydroxyl groups is 1. The zero-order valence-corrected chi connectivity index (χ0v) is 12.4. The predicted molar refractivity (Wildman–Crippen MR) is 77.9 cm³/mol. The maximum absolute atomic E-state index is 12.4. The lowest BCUT2D eigenvalue weighted by atomic mass is 9.89. The number of likely N-dealkylation sites (tertiary alicyclic amines) is 1. The van der Waals surface area contributed by atoms with E-state index < -0.39 is 12.3 Å². The van der Waals surface area contributed by atoms with E-state index in [2.05, 4.69) is 0 Å². The van der Waals surface area contributed by atoms with E-state index >= 15 is 0 Å². The zero-order chi connectivity index (χ0) is 16.3. The van der Waals surface area contributed by atoms with Crippen molar-refractivity contribution in [3.63, 3.8) is 0 Å². The van der Waals surface area contributed by atoms with Gasteiger partial charge in [0.05, 0.1) is 12.8 Å². The topological polar surface area (TPSA) is 58.7 Å². The highest BCUT2D eigenvalue weighted by Crippen LogP contribution is 2.33. The Kier molecular flexibility index (Phi) is 5.18. The number of benzene rings is 1. The fourth-order valence-electron chi connectivity index (χ4n) is 2.78. The number of halogens is 3. The van der Waals surface area contributed by atoms with Gasteiger partial charge in [0, 0.05) is 6.54 Å². The molecule has 1 fully saturated rings. The van der Waals surface area contributed by atoms with Crippen molar-refractivity contribution in [1.82, 2.24) is 4.90 Å². The summed E-state index contributed by atoms with van der Waals surface area (Å²) < 4.78 is 42.3. The van der Waals surface area contributed by atoms with Crippen molar-refractivity contribution in [2.75, 3.05) is 32.5 Å². The molecule has 0 amide bonds. The first-order valence-electron chi connectivity index (χ1n) is 7.22. The summed E-state index contributed by atoms with van der Waals surface area (Å²) in [5, 5.41) is 9.12. The van der Waals surface area contributed by atoms with E-state index in [-0.39, 0.29) is 12.5 Å². The van der Waals surface area contributed by atoms with Gasteiger partial charge >= 0.3 is 6.18 Å². The third-order valence-corrected chi connectivity index (χ3v) is 4.13. The quantitative estimate of drug-likeness (QED) is 0.837. The van der Waals surface area contributed by atoms with Gasteiger partial charge in [-0.2, -0.15) is 13.2 Å². The maximum Gasteiger partial charge on any atom is 0.415 e. The van der Waals surface area contributed by atoms with Gasteiger partial charge in [-0.25, -0.2) is 0 Å². The molecular weight excluding hydrogens is 297 g/mol. The smallest absolute Gasteiger partial charge is 0.415 e. The summed E-state index contributed by atoms with van der Waals surface area (Å²) in [6, 6.07) is 5.61. The molecule has 0 saturated carbocycles. The van der Waals surface area contributed by atoms with Gasteiger partial charge < -0.3 is 20.5 Å². The number of alkyl halides is 3. The van der Waals surface area contributed by atoms with Gasteiger partial charge in [0.25, 0.3) is 0 Å². The lowest BCUT2D eigenvalue weighted by molar-refractivity contribution is -0.208. The molecule has 7 heteroatoms. The number of nitrogens with zero attached hydrogens (tertiary/aromatic N) is 1. The number of rotatable bonds is 4. The third-order valence-electron chi connectivity index (χ3n) is 4.13. The van der Waals surface area contributed by atoms with Crippen LogP contribution in [-0.4, -0.2) is 49.0 Å². The van der Waals surface area contributed by atoms with Crippen LogP contribution in [0.1, 0.15) is 24.3 Å². The molecule has 1 saturated heterocycles.